The minimum absolute atomic E-state index is 0.0337. The fourth-order valence-electron chi connectivity index (χ4n) is 6.73. The molecule has 39 heavy (non-hydrogen) atoms. The van der Waals surface area contributed by atoms with Crippen LogP contribution in [0.1, 0.15) is 41.3 Å². The highest BCUT2D eigenvalue weighted by molar-refractivity contribution is 5.89. The largest absolute Gasteiger partial charge is 0.497 e. The second-order valence-corrected chi connectivity index (χ2v) is 10.9. The van der Waals surface area contributed by atoms with Gasteiger partial charge in [-0.05, 0) is 65.9 Å². The van der Waals surface area contributed by atoms with Crippen molar-refractivity contribution >= 4 is 16.8 Å². The van der Waals surface area contributed by atoms with Gasteiger partial charge in [-0.1, -0.05) is 0 Å². The monoisotopic (exact) mass is 525 g/mol. The molecule has 1 N–H and O–H groups in total. The summed E-state index contributed by atoms with van der Waals surface area (Å²) in [6.45, 7) is 3.01. The summed E-state index contributed by atoms with van der Waals surface area (Å²) < 4.78 is 7.81. The van der Waals surface area contributed by atoms with Crippen LogP contribution in [0, 0.1) is 0 Å². The minimum Gasteiger partial charge on any atom is -0.497 e. The summed E-state index contributed by atoms with van der Waals surface area (Å²) in [6, 6.07) is 14.1. The van der Waals surface area contributed by atoms with Crippen LogP contribution in [0.3, 0.4) is 0 Å². The smallest absolute Gasteiger partial charge is 0.226 e. The normalized spacial score (nSPS) is 18.8. The van der Waals surface area contributed by atoms with E-state index in [1.54, 1.807) is 19.5 Å². The Morgan fingerprint density at radius 1 is 1.03 bits per heavy atom. The first-order valence-electron chi connectivity index (χ1n) is 13.6. The number of hydrogen-bond donors (Lipinski definition) is 1. The van der Waals surface area contributed by atoms with Crippen molar-refractivity contribution in [2.24, 2.45) is 7.05 Å². The lowest BCUT2D eigenvalue weighted by Gasteiger charge is -2.50. The minimum atomic E-state index is -0.131. The molecule has 5 heterocycles. The Labute approximate surface area is 228 Å². The van der Waals surface area contributed by atoms with E-state index in [9.17, 15) is 9.90 Å². The molecule has 0 bridgehead atoms. The summed E-state index contributed by atoms with van der Waals surface area (Å²) in [5.74, 6) is 0.983. The van der Waals surface area contributed by atoms with E-state index >= 15 is 0 Å². The Balaban J connectivity index is 1.38. The molecule has 1 atom stereocenters. The number of piperidine rings is 1. The predicted octanol–water partition coefficient (Wildman–Crippen LogP) is 3.63. The molecule has 1 spiro atoms. The molecule has 1 fully saturated rings. The maximum atomic E-state index is 13.2. The Hall–Kier alpha value is -3.75. The third-order valence-electron chi connectivity index (χ3n) is 8.73. The van der Waals surface area contributed by atoms with Gasteiger partial charge >= 0.3 is 0 Å². The van der Waals surface area contributed by atoms with Gasteiger partial charge in [0.15, 0.2) is 0 Å². The van der Waals surface area contributed by atoms with Crippen LogP contribution in [0.4, 0.5) is 0 Å². The summed E-state index contributed by atoms with van der Waals surface area (Å²) >= 11 is 0. The molecule has 0 unspecified atom stereocenters. The molecule has 2 aliphatic heterocycles. The van der Waals surface area contributed by atoms with Crippen LogP contribution >= 0.6 is 0 Å². The maximum absolute atomic E-state index is 13.2. The number of carbonyl (C=O) groups is 1. The van der Waals surface area contributed by atoms with Gasteiger partial charge in [-0.3, -0.25) is 19.7 Å². The zero-order chi connectivity index (χ0) is 27.0. The van der Waals surface area contributed by atoms with E-state index in [4.69, 9.17) is 4.74 Å². The van der Waals surface area contributed by atoms with Crippen molar-refractivity contribution in [1.82, 2.24) is 24.3 Å². The molecule has 0 saturated carbocycles. The van der Waals surface area contributed by atoms with E-state index in [1.807, 2.05) is 47.6 Å². The zero-order valence-corrected chi connectivity index (χ0v) is 22.6. The van der Waals surface area contributed by atoms with Crippen molar-refractivity contribution in [1.29, 1.82) is 0 Å². The highest BCUT2D eigenvalue weighted by Gasteiger charge is 2.48. The van der Waals surface area contributed by atoms with Gasteiger partial charge in [0.2, 0.25) is 5.91 Å². The molecule has 4 aromatic rings. The number of hydrogen-bond acceptors (Lipinski definition) is 6. The molecule has 202 valence electrons. The number of fused-ring (bicyclic) bond motifs is 4. The van der Waals surface area contributed by atoms with Gasteiger partial charge in [0, 0.05) is 80.6 Å². The number of pyridine rings is 2. The number of ether oxygens (including phenoxy) is 1. The topological polar surface area (TPSA) is 83.7 Å². The van der Waals surface area contributed by atoms with Crippen molar-refractivity contribution < 1.29 is 14.6 Å². The Bertz CT molecular complexity index is 1460. The van der Waals surface area contributed by atoms with Crippen LogP contribution in [0.25, 0.3) is 10.9 Å². The summed E-state index contributed by atoms with van der Waals surface area (Å²) in [5, 5.41) is 11.9. The number of nitrogens with zero attached hydrogens (tertiary/aromatic N) is 5. The number of amides is 1. The van der Waals surface area contributed by atoms with Crippen molar-refractivity contribution in [2.75, 3.05) is 33.4 Å². The summed E-state index contributed by atoms with van der Waals surface area (Å²) in [5.41, 5.74) is 5.64. The number of aliphatic hydroxyl groups is 1. The van der Waals surface area contributed by atoms with Crippen LogP contribution in [0.15, 0.2) is 67.3 Å². The van der Waals surface area contributed by atoms with Gasteiger partial charge in [-0.2, -0.15) is 0 Å². The standard InChI is InChI=1S/C31H35N5O3/c1-34-26-18-24(39-2)3-4-25(26)29-30(34)27(20-37)36(19-23-7-13-33-14-8-23)21-31(29)9-15-35(16-10-31)28(38)17-22-5-11-32-12-6-22/h3-8,11-14,18,27,37H,9-10,15-17,19-21H2,1-2H3/t27-/m1/s1. The SMILES string of the molecule is COc1ccc2c3c(n(C)c2c1)[C@@H](CO)N(Cc1ccncc1)CC31CCN(C(=O)Cc2ccncc2)CC1. The average molecular weight is 526 g/mol. The summed E-state index contributed by atoms with van der Waals surface area (Å²) in [7, 11) is 3.79. The van der Waals surface area contributed by atoms with Gasteiger partial charge in [-0.25, -0.2) is 0 Å². The average Bonchev–Trinajstić information content (AvgIpc) is 3.27. The number of aryl methyl sites for hydroxylation is 1. The van der Waals surface area contributed by atoms with E-state index < -0.39 is 0 Å². The number of rotatable bonds is 6. The first-order chi connectivity index (χ1) is 19.0. The van der Waals surface area contributed by atoms with Gasteiger partial charge in [0.1, 0.15) is 5.75 Å². The summed E-state index contributed by atoms with van der Waals surface area (Å²) in [4.78, 5) is 25.9. The van der Waals surface area contributed by atoms with Crippen molar-refractivity contribution in [3.8, 4) is 5.75 Å². The predicted molar refractivity (Wildman–Crippen MR) is 149 cm³/mol. The molecule has 8 nitrogen and oxygen atoms in total. The van der Waals surface area contributed by atoms with Gasteiger partial charge in [-0.15, -0.1) is 0 Å². The lowest BCUT2D eigenvalue weighted by Crippen LogP contribution is -2.54. The molecule has 6 rings (SSSR count). The Morgan fingerprint density at radius 3 is 2.33 bits per heavy atom. The van der Waals surface area contributed by atoms with Crippen LogP contribution in [-0.2, 0) is 30.2 Å². The lowest BCUT2D eigenvalue weighted by atomic mass is 9.68. The molecule has 0 aliphatic carbocycles. The molecular formula is C31H35N5O3. The molecule has 1 amide bonds. The Morgan fingerprint density at radius 2 is 1.69 bits per heavy atom. The molecule has 1 aromatic carbocycles. The van der Waals surface area contributed by atoms with Crippen LogP contribution in [-0.4, -0.2) is 68.7 Å². The van der Waals surface area contributed by atoms with Crippen LogP contribution < -0.4 is 4.74 Å². The molecule has 8 heteroatoms. The van der Waals surface area contributed by atoms with Crippen molar-refractivity contribution in [2.45, 2.75) is 37.3 Å². The third-order valence-corrected chi connectivity index (χ3v) is 8.73. The fourth-order valence-corrected chi connectivity index (χ4v) is 6.73. The number of aliphatic hydroxyl groups excluding tert-OH is 1. The Kier molecular flexibility index (Phi) is 6.83. The van der Waals surface area contributed by atoms with E-state index in [-0.39, 0.29) is 24.0 Å². The number of likely N-dealkylation sites (tertiary alicyclic amines) is 1. The number of aromatic nitrogens is 3. The molecule has 3 aromatic heterocycles. The second-order valence-electron chi connectivity index (χ2n) is 10.9. The summed E-state index contributed by atoms with van der Waals surface area (Å²) in [6.07, 6.45) is 9.27. The highest BCUT2D eigenvalue weighted by Crippen LogP contribution is 2.50. The van der Waals surface area contributed by atoms with E-state index in [2.05, 4.69) is 38.6 Å². The first-order valence-corrected chi connectivity index (χ1v) is 13.6. The number of benzene rings is 1. The third kappa shape index (κ3) is 4.57. The van der Waals surface area contributed by atoms with Gasteiger partial charge < -0.3 is 19.3 Å². The second kappa shape index (κ2) is 10.4. The van der Waals surface area contributed by atoms with Crippen molar-refractivity contribution in [3.63, 3.8) is 0 Å². The van der Waals surface area contributed by atoms with E-state index in [0.29, 0.717) is 19.5 Å². The quantitative estimate of drug-likeness (QED) is 0.414. The van der Waals surface area contributed by atoms with Gasteiger partial charge in [0.25, 0.3) is 0 Å². The molecular weight excluding hydrogens is 490 g/mol. The fraction of sp³-hybridized carbons (Fsp3) is 0.387. The van der Waals surface area contributed by atoms with Crippen LogP contribution in [0.5, 0.6) is 5.75 Å². The van der Waals surface area contributed by atoms with Gasteiger partial charge in [0.05, 0.1) is 31.7 Å². The van der Waals surface area contributed by atoms with E-state index in [0.717, 1.165) is 48.5 Å². The zero-order valence-electron chi connectivity index (χ0n) is 22.6. The maximum Gasteiger partial charge on any atom is 0.226 e. The molecule has 2 aliphatic rings. The van der Waals surface area contributed by atoms with E-state index in [1.165, 1.54) is 16.5 Å². The van der Waals surface area contributed by atoms with Crippen molar-refractivity contribution in [3.05, 3.63) is 89.6 Å². The first kappa shape index (κ1) is 25.5. The molecule has 0 radical (unpaired) electrons. The van der Waals surface area contributed by atoms with Crippen LogP contribution in [0.2, 0.25) is 0 Å². The number of methoxy groups -OCH3 is 1. The highest BCUT2D eigenvalue weighted by atomic mass is 16.5. The molecule has 1 saturated heterocycles. The lowest BCUT2D eigenvalue weighted by molar-refractivity contribution is -0.132. The number of carbonyl (C=O) groups excluding carboxylic acids is 1.